The van der Waals surface area contributed by atoms with Crippen molar-refractivity contribution in [3.63, 3.8) is 0 Å². The summed E-state index contributed by atoms with van der Waals surface area (Å²) in [6, 6.07) is -0.192. The summed E-state index contributed by atoms with van der Waals surface area (Å²) in [5.74, 6) is 0.516. The molecule has 96 valence electrons. The minimum atomic E-state index is -0.192. The first kappa shape index (κ1) is 13.7. The van der Waals surface area contributed by atoms with E-state index in [4.69, 9.17) is 0 Å². The minimum Gasteiger partial charge on any atom is -0.354 e. The molecule has 0 aromatic carbocycles. The van der Waals surface area contributed by atoms with Gasteiger partial charge in [0.15, 0.2) is 0 Å². The first-order valence-corrected chi connectivity index (χ1v) is 6.00. The maximum absolute atomic E-state index is 11.7. The van der Waals surface area contributed by atoms with Gasteiger partial charge in [-0.25, -0.2) is 0 Å². The highest BCUT2D eigenvalue weighted by Gasteiger charge is 2.12. The van der Waals surface area contributed by atoms with E-state index in [2.05, 4.69) is 34.7 Å². The van der Waals surface area contributed by atoms with Crippen molar-refractivity contribution in [3.05, 3.63) is 17.5 Å². The number of nitrogens with zero attached hydrogens (tertiary/aromatic N) is 1. The van der Waals surface area contributed by atoms with Gasteiger partial charge in [-0.15, -0.1) is 0 Å². The summed E-state index contributed by atoms with van der Waals surface area (Å²) in [5.41, 5.74) is 2.13. The van der Waals surface area contributed by atoms with Gasteiger partial charge in [-0.05, 0) is 19.8 Å². The van der Waals surface area contributed by atoms with E-state index in [0.717, 1.165) is 17.8 Å². The Hall–Kier alpha value is -1.36. The maximum Gasteiger partial charge on any atom is 0.236 e. The molecule has 5 nitrogen and oxygen atoms in total. The summed E-state index contributed by atoms with van der Waals surface area (Å²) in [5, 5.41) is 12.9. The SMILES string of the molecule is Cc1[nH]ncc1CNC(C)C(=O)NCC(C)C. The molecule has 0 spiro atoms. The van der Waals surface area contributed by atoms with Crippen LogP contribution in [0.2, 0.25) is 0 Å². The number of carbonyl (C=O) groups is 1. The Labute approximate surface area is 102 Å². The van der Waals surface area contributed by atoms with Crippen molar-refractivity contribution in [2.75, 3.05) is 6.54 Å². The number of aromatic amines is 1. The van der Waals surface area contributed by atoms with E-state index >= 15 is 0 Å². The van der Waals surface area contributed by atoms with Gasteiger partial charge >= 0.3 is 0 Å². The zero-order chi connectivity index (χ0) is 12.8. The average Bonchev–Trinajstić information content (AvgIpc) is 2.68. The lowest BCUT2D eigenvalue weighted by molar-refractivity contribution is -0.122. The Morgan fingerprint density at radius 2 is 2.18 bits per heavy atom. The smallest absolute Gasteiger partial charge is 0.236 e. The lowest BCUT2D eigenvalue weighted by Gasteiger charge is -2.14. The normalized spacial score (nSPS) is 12.8. The quantitative estimate of drug-likeness (QED) is 0.691. The van der Waals surface area contributed by atoms with Crippen molar-refractivity contribution in [2.24, 2.45) is 5.92 Å². The van der Waals surface area contributed by atoms with Crippen molar-refractivity contribution >= 4 is 5.91 Å². The van der Waals surface area contributed by atoms with E-state index in [1.807, 2.05) is 13.8 Å². The Balaban J connectivity index is 2.31. The number of aryl methyl sites for hydroxylation is 1. The number of rotatable bonds is 6. The summed E-state index contributed by atoms with van der Waals surface area (Å²) in [6.07, 6.45) is 1.78. The van der Waals surface area contributed by atoms with Crippen LogP contribution in [0.4, 0.5) is 0 Å². The molecular weight excluding hydrogens is 216 g/mol. The molecule has 0 bridgehead atoms. The third kappa shape index (κ3) is 4.56. The molecule has 5 heteroatoms. The zero-order valence-corrected chi connectivity index (χ0v) is 11.0. The molecule has 1 heterocycles. The van der Waals surface area contributed by atoms with E-state index < -0.39 is 0 Å². The average molecular weight is 238 g/mol. The third-order valence-electron chi connectivity index (χ3n) is 2.61. The molecule has 1 aromatic heterocycles. The van der Waals surface area contributed by atoms with E-state index in [1.165, 1.54) is 0 Å². The van der Waals surface area contributed by atoms with Crippen molar-refractivity contribution in [1.82, 2.24) is 20.8 Å². The van der Waals surface area contributed by atoms with Crippen LogP contribution in [0.5, 0.6) is 0 Å². The van der Waals surface area contributed by atoms with E-state index in [-0.39, 0.29) is 11.9 Å². The van der Waals surface area contributed by atoms with Crippen molar-refractivity contribution in [2.45, 2.75) is 40.3 Å². The number of aromatic nitrogens is 2. The van der Waals surface area contributed by atoms with Gasteiger partial charge in [-0.3, -0.25) is 9.89 Å². The fraction of sp³-hybridized carbons (Fsp3) is 0.667. The molecule has 0 aliphatic rings. The lowest BCUT2D eigenvalue weighted by atomic mass is 10.2. The van der Waals surface area contributed by atoms with Crippen molar-refractivity contribution < 1.29 is 4.79 Å². The largest absolute Gasteiger partial charge is 0.354 e. The molecule has 0 saturated heterocycles. The van der Waals surface area contributed by atoms with Gasteiger partial charge in [-0.1, -0.05) is 13.8 Å². The second-order valence-electron chi connectivity index (χ2n) is 4.76. The maximum atomic E-state index is 11.7. The van der Waals surface area contributed by atoms with Gasteiger partial charge in [0.25, 0.3) is 0 Å². The van der Waals surface area contributed by atoms with Crippen LogP contribution in [0.15, 0.2) is 6.20 Å². The van der Waals surface area contributed by atoms with Crippen LogP contribution in [0, 0.1) is 12.8 Å². The van der Waals surface area contributed by atoms with Crippen LogP contribution < -0.4 is 10.6 Å². The summed E-state index contributed by atoms with van der Waals surface area (Å²) >= 11 is 0. The molecule has 3 N–H and O–H groups in total. The molecule has 0 aliphatic heterocycles. The molecule has 1 rings (SSSR count). The van der Waals surface area contributed by atoms with Gasteiger partial charge in [0.1, 0.15) is 0 Å². The van der Waals surface area contributed by atoms with E-state index in [9.17, 15) is 4.79 Å². The van der Waals surface area contributed by atoms with Crippen molar-refractivity contribution in [3.8, 4) is 0 Å². The van der Waals surface area contributed by atoms with Crippen LogP contribution in [0.1, 0.15) is 32.0 Å². The highest BCUT2D eigenvalue weighted by molar-refractivity contribution is 5.81. The molecule has 0 aliphatic carbocycles. The van der Waals surface area contributed by atoms with Gasteiger partial charge in [-0.2, -0.15) is 5.10 Å². The second-order valence-corrected chi connectivity index (χ2v) is 4.76. The van der Waals surface area contributed by atoms with Crippen LogP contribution in [0.3, 0.4) is 0 Å². The fourth-order valence-corrected chi connectivity index (χ4v) is 1.37. The summed E-state index contributed by atoms with van der Waals surface area (Å²) in [6.45, 7) is 9.35. The summed E-state index contributed by atoms with van der Waals surface area (Å²) in [7, 11) is 0. The predicted molar refractivity (Wildman–Crippen MR) is 67.5 cm³/mol. The molecule has 17 heavy (non-hydrogen) atoms. The van der Waals surface area contributed by atoms with Gasteiger partial charge in [0.05, 0.1) is 12.2 Å². The van der Waals surface area contributed by atoms with Crippen molar-refractivity contribution in [1.29, 1.82) is 0 Å². The van der Waals surface area contributed by atoms with Crippen LogP contribution >= 0.6 is 0 Å². The third-order valence-corrected chi connectivity index (χ3v) is 2.61. The monoisotopic (exact) mass is 238 g/mol. The van der Waals surface area contributed by atoms with Gasteiger partial charge in [0, 0.05) is 24.3 Å². The summed E-state index contributed by atoms with van der Waals surface area (Å²) in [4.78, 5) is 11.7. The van der Waals surface area contributed by atoms with Crippen LogP contribution in [-0.4, -0.2) is 28.7 Å². The van der Waals surface area contributed by atoms with Gasteiger partial charge in [0.2, 0.25) is 5.91 Å². The first-order chi connectivity index (χ1) is 8.00. The number of amides is 1. The fourth-order valence-electron chi connectivity index (χ4n) is 1.37. The highest BCUT2D eigenvalue weighted by atomic mass is 16.2. The zero-order valence-electron chi connectivity index (χ0n) is 11.0. The molecule has 1 aromatic rings. The Kier molecular flexibility index (Phi) is 5.15. The van der Waals surface area contributed by atoms with E-state index in [1.54, 1.807) is 6.20 Å². The second kappa shape index (κ2) is 6.39. The molecule has 0 fully saturated rings. The van der Waals surface area contributed by atoms with Gasteiger partial charge < -0.3 is 10.6 Å². The van der Waals surface area contributed by atoms with Crippen LogP contribution in [0.25, 0.3) is 0 Å². The number of hydrogen-bond donors (Lipinski definition) is 3. The summed E-state index contributed by atoms with van der Waals surface area (Å²) < 4.78 is 0. The lowest BCUT2D eigenvalue weighted by Crippen LogP contribution is -2.43. The topological polar surface area (TPSA) is 69.8 Å². The minimum absolute atomic E-state index is 0.0415. The number of carbonyl (C=O) groups excluding carboxylic acids is 1. The highest BCUT2D eigenvalue weighted by Crippen LogP contribution is 2.02. The Bertz CT molecular complexity index is 359. The first-order valence-electron chi connectivity index (χ1n) is 6.00. The molecule has 0 saturated carbocycles. The van der Waals surface area contributed by atoms with E-state index in [0.29, 0.717) is 12.5 Å². The number of nitrogens with one attached hydrogen (secondary N) is 3. The molecule has 1 amide bonds. The Morgan fingerprint density at radius 1 is 1.47 bits per heavy atom. The predicted octanol–water partition coefficient (Wildman–Crippen LogP) is 0.968. The standard InChI is InChI=1S/C12H22N4O/c1-8(2)5-14-12(17)10(4)13-6-11-7-15-16-9(11)3/h7-8,10,13H,5-6H2,1-4H3,(H,14,17)(H,15,16). The molecule has 1 unspecified atom stereocenters. The molecule has 0 radical (unpaired) electrons. The number of hydrogen-bond acceptors (Lipinski definition) is 3. The molecule has 1 atom stereocenters. The Morgan fingerprint density at radius 3 is 2.71 bits per heavy atom. The van der Waals surface area contributed by atoms with Crippen LogP contribution in [-0.2, 0) is 11.3 Å². The molecular formula is C12H22N4O. The number of H-pyrrole nitrogens is 1.